The number of aromatic nitrogens is 1. The van der Waals surface area contributed by atoms with E-state index in [9.17, 15) is 0 Å². The molecule has 1 aliphatic carbocycles. The first-order valence-corrected chi connectivity index (χ1v) is 6.20. The third-order valence-electron chi connectivity index (χ3n) is 3.74. The molecule has 0 amide bonds. The number of rotatable bonds is 0. The van der Waals surface area contributed by atoms with Gasteiger partial charge in [0.25, 0.3) is 0 Å². The van der Waals surface area contributed by atoms with Gasteiger partial charge in [0.15, 0.2) is 0 Å². The summed E-state index contributed by atoms with van der Waals surface area (Å²) in [4.78, 5) is 0. The third-order valence-corrected chi connectivity index (χ3v) is 3.74. The second-order valence-electron chi connectivity index (χ2n) is 4.82. The van der Waals surface area contributed by atoms with E-state index in [0.29, 0.717) is 0 Å². The first kappa shape index (κ1) is 9.72. The maximum atomic E-state index is 2.30. The summed E-state index contributed by atoms with van der Waals surface area (Å²) in [5, 5.41) is 3.99. The van der Waals surface area contributed by atoms with Crippen molar-refractivity contribution in [2.75, 3.05) is 0 Å². The molecule has 0 atom stereocenters. The number of benzene rings is 2. The minimum atomic E-state index is 1.28. The van der Waals surface area contributed by atoms with Crippen LogP contribution in [0.15, 0.2) is 60.8 Å². The number of nitrogens with zero attached hydrogens (tertiary/aromatic N) is 1. The predicted octanol–water partition coefficient (Wildman–Crippen LogP) is 4.44. The molecule has 4 rings (SSSR count). The molecule has 0 unspecified atom stereocenters. The summed E-state index contributed by atoms with van der Waals surface area (Å²) in [7, 11) is 2.11. The van der Waals surface area contributed by atoms with Gasteiger partial charge in [-0.15, -0.1) is 0 Å². The van der Waals surface area contributed by atoms with Crippen LogP contribution in [-0.2, 0) is 7.05 Å². The van der Waals surface area contributed by atoms with Crippen molar-refractivity contribution in [3.05, 3.63) is 60.8 Å². The van der Waals surface area contributed by atoms with E-state index in [0.717, 1.165) is 0 Å². The van der Waals surface area contributed by atoms with Crippen LogP contribution in [0.3, 0.4) is 0 Å². The van der Waals surface area contributed by atoms with Gasteiger partial charge in [-0.1, -0.05) is 42.5 Å². The largest absolute Gasteiger partial charge is 0.350 e. The Labute approximate surface area is 106 Å². The van der Waals surface area contributed by atoms with Crippen molar-refractivity contribution in [2.24, 2.45) is 7.05 Å². The van der Waals surface area contributed by atoms with E-state index in [2.05, 4.69) is 72.4 Å². The van der Waals surface area contributed by atoms with Gasteiger partial charge in [-0.3, -0.25) is 0 Å². The monoisotopic (exact) mass is 231 g/mol. The van der Waals surface area contributed by atoms with E-state index < -0.39 is 0 Å². The molecule has 1 aliphatic heterocycles. The Morgan fingerprint density at radius 3 is 2.39 bits per heavy atom. The third kappa shape index (κ3) is 1.16. The van der Waals surface area contributed by atoms with Crippen LogP contribution in [0.2, 0.25) is 0 Å². The highest BCUT2D eigenvalue weighted by Gasteiger charge is 2.13. The lowest BCUT2D eigenvalue weighted by Crippen LogP contribution is -1.94. The molecule has 1 heterocycles. The molecule has 86 valence electrons. The second kappa shape index (κ2) is 3.36. The van der Waals surface area contributed by atoms with Crippen LogP contribution in [0.4, 0.5) is 0 Å². The van der Waals surface area contributed by atoms with Gasteiger partial charge in [-0.25, -0.2) is 0 Å². The van der Waals surface area contributed by atoms with Crippen LogP contribution in [-0.4, -0.2) is 4.57 Å². The van der Waals surface area contributed by atoms with Crippen LogP contribution in [0, 0.1) is 0 Å². The molecule has 0 saturated carbocycles. The maximum absolute atomic E-state index is 2.30. The molecule has 0 aromatic heterocycles. The fraction of sp³-hybridized carbons (Fsp3) is 0.0588. The number of hydrogen-bond donors (Lipinski definition) is 0. The molecule has 0 bridgehead atoms. The molecular formula is C17H13N. The molecular weight excluding hydrogens is 218 g/mol. The molecule has 0 N–H and O–H groups in total. The quantitative estimate of drug-likeness (QED) is 0.421. The molecule has 1 nitrogen and oxygen atoms in total. The van der Waals surface area contributed by atoms with Gasteiger partial charge < -0.3 is 4.57 Å². The highest BCUT2D eigenvalue weighted by atomic mass is 14.9. The zero-order valence-electron chi connectivity index (χ0n) is 10.2. The van der Waals surface area contributed by atoms with E-state index in [1.54, 1.807) is 0 Å². The lowest BCUT2D eigenvalue weighted by molar-refractivity contribution is 0.956. The Balaban J connectivity index is 2.31. The van der Waals surface area contributed by atoms with Crippen LogP contribution in [0.25, 0.3) is 32.8 Å². The highest BCUT2D eigenvalue weighted by Crippen LogP contribution is 2.38. The molecule has 2 aliphatic rings. The molecule has 18 heavy (non-hydrogen) atoms. The van der Waals surface area contributed by atoms with Gasteiger partial charge in [0.2, 0.25) is 0 Å². The highest BCUT2D eigenvalue weighted by molar-refractivity contribution is 6.10. The average molecular weight is 231 g/mol. The van der Waals surface area contributed by atoms with Gasteiger partial charge in [0, 0.05) is 29.7 Å². The summed E-state index contributed by atoms with van der Waals surface area (Å²) in [6.45, 7) is 0. The van der Waals surface area contributed by atoms with Crippen LogP contribution in [0.1, 0.15) is 0 Å². The SMILES string of the molecule is Cn1cc2c3ccccc3cc-2c2ccccc21. The van der Waals surface area contributed by atoms with Crippen LogP contribution < -0.4 is 0 Å². The van der Waals surface area contributed by atoms with E-state index in [1.165, 1.54) is 32.8 Å². The van der Waals surface area contributed by atoms with E-state index in [4.69, 9.17) is 0 Å². The summed E-state index contributed by atoms with van der Waals surface area (Å²) in [5.41, 5.74) is 3.97. The number of aryl methyl sites for hydroxylation is 1. The summed E-state index contributed by atoms with van der Waals surface area (Å²) >= 11 is 0. The lowest BCUT2D eigenvalue weighted by Gasteiger charge is -2.11. The first-order valence-electron chi connectivity index (χ1n) is 6.20. The maximum Gasteiger partial charge on any atom is 0.0483 e. The molecule has 2 aromatic carbocycles. The predicted molar refractivity (Wildman–Crippen MR) is 77.0 cm³/mol. The second-order valence-corrected chi connectivity index (χ2v) is 4.82. The Morgan fingerprint density at radius 1 is 0.778 bits per heavy atom. The zero-order valence-corrected chi connectivity index (χ0v) is 10.2. The Bertz CT molecular complexity index is 839. The van der Waals surface area contributed by atoms with Crippen molar-refractivity contribution in [1.29, 1.82) is 0 Å². The Hall–Kier alpha value is -2.28. The molecule has 1 heteroatoms. The standard InChI is InChI=1S/C17H13N/c1-18-11-16-13-7-3-2-6-12(13)10-15(16)14-8-4-5-9-17(14)18/h2-11H,1H3. The number of fused-ring (bicyclic) bond motifs is 5. The summed E-state index contributed by atoms with van der Waals surface area (Å²) in [6.07, 6.45) is 2.24. The Morgan fingerprint density at radius 2 is 1.50 bits per heavy atom. The first-order chi connectivity index (χ1) is 8.84. The van der Waals surface area contributed by atoms with Crippen molar-refractivity contribution in [3.8, 4) is 11.1 Å². The van der Waals surface area contributed by atoms with Crippen molar-refractivity contribution < 1.29 is 0 Å². The normalized spacial score (nSPS) is 11.6. The van der Waals surface area contributed by atoms with Gasteiger partial charge in [0.05, 0.1) is 0 Å². The summed E-state index contributed by atoms with van der Waals surface area (Å²) < 4.78 is 2.21. The molecule has 2 aromatic rings. The number of para-hydroxylation sites is 1. The van der Waals surface area contributed by atoms with Gasteiger partial charge in [-0.05, 0) is 28.5 Å². The minimum Gasteiger partial charge on any atom is -0.350 e. The van der Waals surface area contributed by atoms with Crippen molar-refractivity contribution in [1.82, 2.24) is 4.57 Å². The number of pyridine rings is 1. The smallest absolute Gasteiger partial charge is 0.0483 e. The van der Waals surface area contributed by atoms with E-state index >= 15 is 0 Å². The molecule has 0 spiro atoms. The minimum absolute atomic E-state index is 1.28. The fourth-order valence-corrected chi connectivity index (χ4v) is 2.88. The van der Waals surface area contributed by atoms with Crippen LogP contribution in [0.5, 0.6) is 0 Å². The Kier molecular flexibility index (Phi) is 1.81. The van der Waals surface area contributed by atoms with Gasteiger partial charge >= 0.3 is 0 Å². The van der Waals surface area contributed by atoms with E-state index in [1.807, 2.05) is 0 Å². The van der Waals surface area contributed by atoms with Crippen molar-refractivity contribution >= 4 is 21.7 Å². The fourth-order valence-electron chi connectivity index (χ4n) is 2.88. The van der Waals surface area contributed by atoms with Gasteiger partial charge in [-0.2, -0.15) is 0 Å². The van der Waals surface area contributed by atoms with Crippen molar-refractivity contribution in [2.45, 2.75) is 0 Å². The van der Waals surface area contributed by atoms with Crippen molar-refractivity contribution in [3.63, 3.8) is 0 Å². The summed E-state index contributed by atoms with van der Waals surface area (Å²) in [6, 6.07) is 19.5. The molecule has 0 radical (unpaired) electrons. The lowest BCUT2D eigenvalue weighted by atomic mass is 10.0. The van der Waals surface area contributed by atoms with E-state index in [-0.39, 0.29) is 0 Å². The number of hydrogen-bond acceptors (Lipinski definition) is 0. The van der Waals surface area contributed by atoms with Gasteiger partial charge in [0.1, 0.15) is 0 Å². The summed E-state index contributed by atoms with van der Waals surface area (Å²) in [5.74, 6) is 0. The zero-order chi connectivity index (χ0) is 12.1. The average Bonchev–Trinajstić information content (AvgIpc) is 2.78. The molecule has 0 fully saturated rings. The van der Waals surface area contributed by atoms with Crippen LogP contribution >= 0.6 is 0 Å². The topological polar surface area (TPSA) is 4.93 Å². The molecule has 0 saturated heterocycles.